The van der Waals surface area contributed by atoms with Crippen LogP contribution in [-0.2, 0) is 6.18 Å². The van der Waals surface area contributed by atoms with Crippen LogP contribution in [0.3, 0.4) is 0 Å². The lowest BCUT2D eigenvalue weighted by molar-refractivity contribution is -0.137. The Bertz CT molecular complexity index is 863. The molecule has 1 saturated heterocycles. The number of rotatable bonds is 7. The first-order chi connectivity index (χ1) is 15.0. The molecule has 1 unspecified atom stereocenters. The number of hydrogen-bond acceptors (Lipinski definition) is 6. The number of aliphatic hydroxyl groups excluding tert-OH is 1. The van der Waals surface area contributed by atoms with Crippen LogP contribution in [0.5, 0.6) is 5.75 Å². The quantitative estimate of drug-likeness (QED) is 0.405. The molecule has 178 valence electrons. The van der Waals surface area contributed by atoms with Gasteiger partial charge in [-0.3, -0.25) is 0 Å². The SMILES string of the molecule is CC(/C=C(\N)NC1CCCN(CCC2CC(O)C2)C1)=C(/N)c1ccc(C(F)(F)F)cc1O. The van der Waals surface area contributed by atoms with Crippen LogP contribution in [0, 0.1) is 5.92 Å². The maximum atomic E-state index is 12.8. The van der Waals surface area contributed by atoms with Gasteiger partial charge in [0, 0.05) is 23.8 Å². The highest BCUT2D eigenvalue weighted by atomic mass is 19.4. The van der Waals surface area contributed by atoms with Crippen LogP contribution < -0.4 is 16.8 Å². The van der Waals surface area contributed by atoms with E-state index in [0.717, 1.165) is 63.9 Å². The summed E-state index contributed by atoms with van der Waals surface area (Å²) >= 11 is 0. The molecule has 0 radical (unpaired) electrons. The first kappa shape index (κ1) is 24.3. The number of nitrogens with two attached hydrogens (primary N) is 2. The number of aromatic hydroxyl groups is 1. The maximum absolute atomic E-state index is 12.8. The summed E-state index contributed by atoms with van der Waals surface area (Å²) in [5.41, 5.74) is 12.1. The van der Waals surface area contributed by atoms with E-state index in [1.54, 1.807) is 13.0 Å². The van der Waals surface area contributed by atoms with E-state index in [1.165, 1.54) is 0 Å². The van der Waals surface area contributed by atoms with Crippen LogP contribution in [0.4, 0.5) is 13.2 Å². The number of benzene rings is 1. The van der Waals surface area contributed by atoms with Crippen LogP contribution in [0.15, 0.2) is 35.7 Å². The van der Waals surface area contributed by atoms with Crippen molar-refractivity contribution in [1.29, 1.82) is 0 Å². The second kappa shape index (κ2) is 10.0. The Kier molecular flexibility index (Phi) is 7.61. The normalized spacial score (nSPS) is 25.8. The molecule has 0 spiro atoms. The molecule has 2 aliphatic rings. The third-order valence-corrected chi connectivity index (χ3v) is 6.35. The third kappa shape index (κ3) is 6.32. The summed E-state index contributed by atoms with van der Waals surface area (Å²) in [6, 6.07) is 2.91. The molecule has 7 N–H and O–H groups in total. The van der Waals surface area contributed by atoms with Crippen LogP contribution in [-0.4, -0.2) is 46.9 Å². The van der Waals surface area contributed by atoms with Gasteiger partial charge in [0.15, 0.2) is 0 Å². The number of halogens is 3. The molecule has 3 rings (SSSR count). The molecule has 9 heteroatoms. The van der Waals surface area contributed by atoms with Crippen molar-refractivity contribution >= 4 is 5.70 Å². The van der Waals surface area contributed by atoms with Gasteiger partial charge in [0.1, 0.15) is 5.75 Å². The van der Waals surface area contributed by atoms with E-state index in [2.05, 4.69) is 10.2 Å². The zero-order chi connectivity index (χ0) is 23.5. The Labute approximate surface area is 186 Å². The number of phenols is 1. The molecule has 0 aromatic heterocycles. The lowest BCUT2D eigenvalue weighted by Crippen LogP contribution is -2.47. The number of hydrogen-bond donors (Lipinski definition) is 5. The molecule has 1 heterocycles. The lowest BCUT2D eigenvalue weighted by Gasteiger charge is -2.37. The van der Waals surface area contributed by atoms with E-state index >= 15 is 0 Å². The van der Waals surface area contributed by atoms with Crippen molar-refractivity contribution in [3.05, 3.63) is 46.8 Å². The van der Waals surface area contributed by atoms with E-state index < -0.39 is 17.5 Å². The van der Waals surface area contributed by atoms with Crippen molar-refractivity contribution < 1.29 is 23.4 Å². The summed E-state index contributed by atoms with van der Waals surface area (Å²) in [5.74, 6) is 0.519. The summed E-state index contributed by atoms with van der Waals surface area (Å²) in [5, 5.41) is 22.8. The summed E-state index contributed by atoms with van der Waals surface area (Å²) in [6.45, 7) is 4.64. The molecule has 0 bridgehead atoms. The molecule has 0 amide bonds. The summed E-state index contributed by atoms with van der Waals surface area (Å²) < 4.78 is 38.4. The highest BCUT2D eigenvalue weighted by Crippen LogP contribution is 2.34. The van der Waals surface area contributed by atoms with Crippen LogP contribution in [0.1, 0.15) is 50.2 Å². The van der Waals surface area contributed by atoms with E-state index in [9.17, 15) is 23.4 Å². The summed E-state index contributed by atoms with van der Waals surface area (Å²) in [4.78, 5) is 2.41. The standard InChI is InChI=1S/C23H33F3N4O2/c1-14(22(28)19-5-4-16(12-20(19)32)23(24,25)26)9-21(27)29-17-3-2-7-30(13-17)8-6-15-10-18(31)11-15/h4-5,9,12,15,17-18,29,31-32H,2-3,6-8,10-11,13,27-28H2,1H3/b21-9+,22-14-. The van der Waals surface area contributed by atoms with Crippen molar-refractivity contribution in [1.82, 2.24) is 10.2 Å². The fraction of sp³-hybridized carbons (Fsp3) is 0.565. The zero-order valence-electron chi connectivity index (χ0n) is 18.3. The molecular weight excluding hydrogens is 421 g/mol. The van der Waals surface area contributed by atoms with Gasteiger partial charge in [-0.25, -0.2) is 0 Å². The fourth-order valence-electron chi connectivity index (χ4n) is 4.41. The number of likely N-dealkylation sites (tertiary alicyclic amines) is 1. The Morgan fingerprint density at radius 2 is 2.00 bits per heavy atom. The van der Waals surface area contributed by atoms with Gasteiger partial charge in [0.2, 0.25) is 0 Å². The molecule has 1 aromatic rings. The zero-order valence-corrected chi connectivity index (χ0v) is 18.3. The van der Waals surface area contributed by atoms with Gasteiger partial charge in [0.05, 0.1) is 17.5 Å². The predicted molar refractivity (Wildman–Crippen MR) is 118 cm³/mol. The number of aliphatic hydroxyl groups is 1. The van der Waals surface area contributed by atoms with Gasteiger partial charge in [0.25, 0.3) is 0 Å². The summed E-state index contributed by atoms with van der Waals surface area (Å²) in [6.07, 6.45) is 1.96. The first-order valence-corrected chi connectivity index (χ1v) is 11.0. The van der Waals surface area contributed by atoms with Gasteiger partial charge in [-0.1, -0.05) is 0 Å². The Balaban J connectivity index is 1.59. The molecule has 32 heavy (non-hydrogen) atoms. The topological polar surface area (TPSA) is 108 Å². The van der Waals surface area contributed by atoms with Crippen molar-refractivity contribution in [3.63, 3.8) is 0 Å². The number of nitrogens with zero attached hydrogens (tertiary/aromatic N) is 1. The fourth-order valence-corrected chi connectivity index (χ4v) is 4.41. The van der Waals surface area contributed by atoms with Gasteiger partial charge in [-0.05, 0) is 87.9 Å². The monoisotopic (exact) mass is 454 g/mol. The molecule has 1 aromatic carbocycles. The van der Waals surface area contributed by atoms with Crippen molar-refractivity contribution in [2.75, 3.05) is 19.6 Å². The minimum atomic E-state index is -4.54. The van der Waals surface area contributed by atoms with Gasteiger partial charge in [-0.15, -0.1) is 0 Å². The van der Waals surface area contributed by atoms with Crippen LogP contribution in [0.25, 0.3) is 5.70 Å². The van der Waals surface area contributed by atoms with E-state index in [0.29, 0.717) is 23.4 Å². The van der Waals surface area contributed by atoms with E-state index in [1.807, 2.05) is 0 Å². The van der Waals surface area contributed by atoms with E-state index in [4.69, 9.17) is 11.5 Å². The Morgan fingerprint density at radius 1 is 1.28 bits per heavy atom. The minimum absolute atomic E-state index is 0.117. The minimum Gasteiger partial charge on any atom is -0.507 e. The number of phenolic OH excluding ortho intramolecular Hbond substituents is 1. The lowest BCUT2D eigenvalue weighted by atomic mass is 9.80. The number of allylic oxidation sites excluding steroid dienone is 2. The first-order valence-electron chi connectivity index (χ1n) is 11.0. The van der Waals surface area contributed by atoms with Crippen LogP contribution >= 0.6 is 0 Å². The number of alkyl halides is 3. The maximum Gasteiger partial charge on any atom is 0.416 e. The third-order valence-electron chi connectivity index (χ3n) is 6.35. The molecule has 1 saturated carbocycles. The number of piperidine rings is 1. The average molecular weight is 455 g/mol. The molecule has 1 aliphatic heterocycles. The molecule has 1 aliphatic carbocycles. The predicted octanol–water partition coefficient (Wildman–Crippen LogP) is 3.12. The van der Waals surface area contributed by atoms with Gasteiger partial charge < -0.3 is 31.9 Å². The molecule has 2 fully saturated rings. The highest BCUT2D eigenvalue weighted by Gasteiger charge is 2.31. The highest BCUT2D eigenvalue weighted by molar-refractivity contribution is 5.72. The largest absolute Gasteiger partial charge is 0.507 e. The molecule has 1 atom stereocenters. The summed E-state index contributed by atoms with van der Waals surface area (Å²) in [7, 11) is 0. The van der Waals surface area contributed by atoms with Crippen LogP contribution in [0.2, 0.25) is 0 Å². The van der Waals surface area contributed by atoms with Gasteiger partial charge in [-0.2, -0.15) is 13.2 Å². The van der Waals surface area contributed by atoms with Crippen molar-refractivity contribution in [2.24, 2.45) is 17.4 Å². The van der Waals surface area contributed by atoms with Crippen molar-refractivity contribution in [3.8, 4) is 5.75 Å². The second-order valence-electron chi connectivity index (χ2n) is 8.99. The second-order valence-corrected chi connectivity index (χ2v) is 8.99. The smallest absolute Gasteiger partial charge is 0.416 e. The Hall–Kier alpha value is -2.39. The average Bonchev–Trinajstić information content (AvgIpc) is 2.69. The Morgan fingerprint density at radius 3 is 2.62 bits per heavy atom. The van der Waals surface area contributed by atoms with E-state index in [-0.39, 0.29) is 23.4 Å². The number of nitrogens with one attached hydrogen (secondary N) is 1. The molecular formula is C23H33F3N4O2. The molecule has 6 nitrogen and oxygen atoms in total. The van der Waals surface area contributed by atoms with Gasteiger partial charge >= 0.3 is 6.18 Å². The van der Waals surface area contributed by atoms with Crippen molar-refractivity contribution in [2.45, 2.75) is 57.3 Å².